The first kappa shape index (κ1) is 5.77. The maximum Gasteiger partial charge on any atom is 0.317 e. The largest absolute Gasteiger partial charge is 0.368 e. The molecule has 0 aliphatic rings. The zero-order valence-electron chi connectivity index (χ0n) is 5.26. The number of nitrogens with two attached hydrogens (primary N) is 2. The Balaban J connectivity index is 2.50. The van der Waals surface area contributed by atoms with Gasteiger partial charge in [-0.05, 0) is 0 Å². The Morgan fingerprint density at radius 1 is 1.00 bits per heavy atom. The summed E-state index contributed by atoms with van der Waals surface area (Å²) in [6.45, 7) is 0. The third-order valence-corrected chi connectivity index (χ3v) is 0.971. The summed E-state index contributed by atoms with van der Waals surface area (Å²) in [5.41, 5.74) is 10.5. The lowest BCUT2D eigenvalue weighted by atomic mass is 10.8. The summed E-state index contributed by atoms with van der Waals surface area (Å²) in [6, 6.07) is 0. The van der Waals surface area contributed by atoms with Crippen molar-refractivity contribution in [3.05, 3.63) is 0 Å². The fourth-order valence-electron chi connectivity index (χ4n) is 0.562. The van der Waals surface area contributed by atoms with Crippen molar-refractivity contribution in [2.75, 3.05) is 11.5 Å². The van der Waals surface area contributed by atoms with E-state index in [1.54, 1.807) is 0 Å². The second kappa shape index (κ2) is 1.75. The number of aromatic nitrogens is 4. The Labute approximate surface area is 59.7 Å². The Morgan fingerprint density at radius 2 is 1.55 bits per heavy atom. The molecule has 0 aliphatic carbocycles. The minimum atomic E-state index is 0.0200. The van der Waals surface area contributed by atoms with E-state index in [9.17, 15) is 0 Å². The second-order valence-corrected chi connectivity index (χ2v) is 1.76. The van der Waals surface area contributed by atoms with Crippen LogP contribution in [0.5, 0.6) is 0 Å². The molecular formula is C3H4N6O2. The van der Waals surface area contributed by atoms with Crippen LogP contribution in [0.4, 0.5) is 11.9 Å². The van der Waals surface area contributed by atoms with Gasteiger partial charge in [-0.1, -0.05) is 0 Å². The van der Waals surface area contributed by atoms with Gasteiger partial charge in [0.05, 0.1) is 4.91 Å². The van der Waals surface area contributed by atoms with E-state index in [-0.39, 0.29) is 17.8 Å². The summed E-state index contributed by atoms with van der Waals surface area (Å²) in [6.07, 6.45) is 0. The molecule has 0 aliphatic heterocycles. The minimum absolute atomic E-state index is 0.0200. The number of hydrogen-bond acceptors (Lipinski definition) is 7. The van der Waals surface area contributed by atoms with E-state index in [2.05, 4.69) is 24.3 Å². The van der Waals surface area contributed by atoms with Crippen LogP contribution in [0.25, 0.3) is 5.95 Å². The average molecular weight is 156 g/mol. The molecule has 8 heteroatoms. The monoisotopic (exact) mass is 156 g/mol. The zero-order valence-corrected chi connectivity index (χ0v) is 5.26. The normalized spacial score (nSPS) is 10.5. The smallest absolute Gasteiger partial charge is 0.317 e. The Bertz CT molecular complexity index is 329. The summed E-state index contributed by atoms with van der Waals surface area (Å²) in [4.78, 5) is 11.8. The van der Waals surface area contributed by atoms with Crippen LogP contribution in [0.2, 0.25) is 0 Å². The van der Waals surface area contributed by atoms with Crippen LogP contribution in [0, 0.1) is 0 Å². The number of nitrogen functional groups attached to an aromatic ring is 2. The van der Waals surface area contributed by atoms with Gasteiger partial charge in [0.2, 0.25) is 11.9 Å². The molecule has 0 fully saturated rings. The van der Waals surface area contributed by atoms with E-state index < -0.39 is 0 Å². The van der Waals surface area contributed by atoms with Crippen molar-refractivity contribution in [1.29, 1.82) is 0 Å². The Hall–Kier alpha value is -1.99. The first-order valence-electron chi connectivity index (χ1n) is 2.67. The van der Waals surface area contributed by atoms with Gasteiger partial charge < -0.3 is 11.5 Å². The highest BCUT2D eigenvalue weighted by atomic mass is 17.3. The molecule has 0 unspecified atom stereocenters. The molecule has 2 aromatic heterocycles. The van der Waals surface area contributed by atoms with Crippen LogP contribution in [0.1, 0.15) is 0 Å². The predicted molar refractivity (Wildman–Crippen MR) is 32.5 cm³/mol. The summed E-state index contributed by atoms with van der Waals surface area (Å²) in [5, 5.41) is 0. The molecule has 58 valence electrons. The number of rotatable bonds is 1. The first-order chi connectivity index (χ1) is 5.25. The molecule has 0 radical (unpaired) electrons. The van der Waals surface area contributed by atoms with Crippen LogP contribution >= 0.6 is 0 Å². The Kier molecular flexibility index (Phi) is 0.916. The molecule has 0 saturated carbocycles. The van der Waals surface area contributed by atoms with E-state index >= 15 is 0 Å². The van der Waals surface area contributed by atoms with Crippen molar-refractivity contribution < 1.29 is 9.36 Å². The fraction of sp³-hybridized carbons (Fsp3) is 0. The van der Waals surface area contributed by atoms with E-state index in [4.69, 9.17) is 11.5 Å². The molecule has 2 rings (SSSR count). The van der Waals surface area contributed by atoms with E-state index in [0.717, 1.165) is 4.91 Å². The SMILES string of the molecule is Nc1nc(N)nc(-n2oo2)n1. The van der Waals surface area contributed by atoms with Crippen molar-refractivity contribution in [3.8, 4) is 5.95 Å². The molecule has 8 nitrogen and oxygen atoms in total. The zero-order chi connectivity index (χ0) is 7.84. The quantitative estimate of drug-likeness (QED) is 0.508. The molecule has 2 heterocycles. The summed E-state index contributed by atoms with van der Waals surface area (Å²) in [5.74, 6) is 0.174. The summed E-state index contributed by atoms with van der Waals surface area (Å²) >= 11 is 0. The van der Waals surface area contributed by atoms with Gasteiger partial charge in [-0.15, -0.1) is 9.36 Å². The van der Waals surface area contributed by atoms with Gasteiger partial charge in [0.15, 0.2) is 0 Å². The third-order valence-electron chi connectivity index (χ3n) is 0.971. The van der Waals surface area contributed by atoms with Crippen LogP contribution in [-0.2, 0) is 0 Å². The number of hydrogen-bond donors (Lipinski definition) is 2. The highest BCUT2D eigenvalue weighted by Gasteiger charge is 2.12. The molecule has 0 atom stereocenters. The van der Waals surface area contributed by atoms with Gasteiger partial charge in [-0.3, -0.25) is 0 Å². The van der Waals surface area contributed by atoms with Crippen molar-refractivity contribution in [3.63, 3.8) is 0 Å². The maximum absolute atomic E-state index is 5.24. The van der Waals surface area contributed by atoms with Gasteiger partial charge >= 0.3 is 5.95 Å². The molecule has 0 amide bonds. The fourth-order valence-corrected chi connectivity index (χ4v) is 0.562. The topological polar surface area (TPSA) is 122 Å². The van der Waals surface area contributed by atoms with E-state index in [0.29, 0.717) is 0 Å². The molecule has 0 aromatic carbocycles. The van der Waals surface area contributed by atoms with Crippen LogP contribution < -0.4 is 11.5 Å². The number of anilines is 2. The lowest BCUT2D eigenvalue weighted by Gasteiger charge is -1.92. The van der Waals surface area contributed by atoms with E-state index in [1.807, 2.05) is 0 Å². The highest BCUT2D eigenvalue weighted by Crippen LogP contribution is 2.06. The minimum Gasteiger partial charge on any atom is -0.368 e. The summed E-state index contributed by atoms with van der Waals surface area (Å²) < 4.78 is 8.55. The molecule has 4 N–H and O–H groups in total. The molecule has 0 spiro atoms. The Morgan fingerprint density at radius 3 is 2.00 bits per heavy atom. The predicted octanol–water partition coefficient (Wildman–Crippen LogP) is -0.987. The van der Waals surface area contributed by atoms with Crippen molar-refractivity contribution in [2.24, 2.45) is 0 Å². The highest BCUT2D eigenvalue weighted by molar-refractivity contribution is 5.29. The van der Waals surface area contributed by atoms with Gasteiger partial charge in [-0.2, -0.15) is 15.0 Å². The van der Waals surface area contributed by atoms with E-state index in [1.165, 1.54) is 0 Å². The van der Waals surface area contributed by atoms with Crippen LogP contribution in [0.15, 0.2) is 9.36 Å². The third kappa shape index (κ3) is 1.000. The van der Waals surface area contributed by atoms with Crippen molar-refractivity contribution in [1.82, 2.24) is 19.9 Å². The average Bonchev–Trinajstić information content (AvgIpc) is 2.64. The summed E-state index contributed by atoms with van der Waals surface area (Å²) in [7, 11) is 0. The standard InChI is InChI=1S/C3H4N6O2/c4-1-6-2(5)8-3(7-1)9-10-11-9/h(H4,4,5,6,7,8). The molecule has 2 aromatic rings. The van der Waals surface area contributed by atoms with Crippen molar-refractivity contribution >= 4 is 11.9 Å². The van der Waals surface area contributed by atoms with Gasteiger partial charge in [0.1, 0.15) is 0 Å². The first-order valence-corrected chi connectivity index (χ1v) is 2.67. The van der Waals surface area contributed by atoms with Gasteiger partial charge in [0.25, 0.3) is 0 Å². The van der Waals surface area contributed by atoms with Gasteiger partial charge in [0, 0.05) is 0 Å². The second-order valence-electron chi connectivity index (χ2n) is 1.76. The molecule has 11 heavy (non-hydrogen) atoms. The maximum atomic E-state index is 5.24. The van der Waals surface area contributed by atoms with Crippen LogP contribution in [-0.4, -0.2) is 19.9 Å². The molecule has 0 saturated heterocycles. The van der Waals surface area contributed by atoms with Gasteiger partial charge in [-0.25, -0.2) is 0 Å². The lowest BCUT2D eigenvalue weighted by molar-refractivity contribution is 0.264. The molecular weight excluding hydrogens is 152 g/mol. The van der Waals surface area contributed by atoms with Crippen LogP contribution in [0.3, 0.4) is 0 Å². The lowest BCUT2D eigenvalue weighted by Crippen LogP contribution is -2.05. The number of nitrogens with zero attached hydrogens (tertiary/aromatic N) is 4. The van der Waals surface area contributed by atoms with Crippen molar-refractivity contribution in [2.45, 2.75) is 0 Å². The molecule has 0 bridgehead atoms.